The number of hydrogen-bond acceptors (Lipinski definition) is 6. The van der Waals surface area contributed by atoms with Crippen molar-refractivity contribution in [2.24, 2.45) is 17.8 Å². The molecular formula is C27H23BrCl2N2O6. The molecule has 6 rings (SSSR count). The predicted octanol–water partition coefficient (Wildman–Crippen LogP) is 3.68. The zero-order valence-corrected chi connectivity index (χ0v) is 23.1. The van der Waals surface area contributed by atoms with Crippen molar-refractivity contribution in [2.45, 2.75) is 41.7 Å². The van der Waals surface area contributed by atoms with Gasteiger partial charge < -0.3 is 9.52 Å². The first-order valence-corrected chi connectivity index (χ1v) is 14.1. The van der Waals surface area contributed by atoms with Gasteiger partial charge in [-0.05, 0) is 36.5 Å². The quantitative estimate of drug-likeness (QED) is 0.236. The number of imide groups is 2. The molecule has 3 heterocycles. The van der Waals surface area contributed by atoms with Gasteiger partial charge in [0.15, 0.2) is 9.75 Å². The summed E-state index contributed by atoms with van der Waals surface area (Å²) in [6.45, 7) is -0.224. The van der Waals surface area contributed by atoms with Crippen LogP contribution in [0.4, 0.5) is 0 Å². The molecule has 2 saturated heterocycles. The molecule has 3 fully saturated rings. The predicted molar refractivity (Wildman–Crippen MR) is 140 cm³/mol. The summed E-state index contributed by atoms with van der Waals surface area (Å²) in [5, 5.41) is 9.60. The van der Waals surface area contributed by atoms with Gasteiger partial charge in [-0.2, -0.15) is 0 Å². The summed E-state index contributed by atoms with van der Waals surface area (Å²) in [5.74, 6) is -4.34. The lowest BCUT2D eigenvalue weighted by atomic mass is 9.57. The number of aliphatic hydroxyl groups is 1. The van der Waals surface area contributed by atoms with Crippen LogP contribution in [0.5, 0.6) is 0 Å². The molecule has 198 valence electrons. The highest BCUT2D eigenvalue weighted by molar-refractivity contribution is 9.09. The number of aliphatic hydroxyl groups excluding tert-OH is 1. The van der Waals surface area contributed by atoms with E-state index in [1.54, 1.807) is 12.1 Å². The summed E-state index contributed by atoms with van der Waals surface area (Å²) in [5.41, 5.74) is 1.38. The third-order valence-electron chi connectivity index (χ3n) is 8.41. The number of halogens is 3. The number of carbonyl (C=O) groups excluding carboxylic acids is 4. The third kappa shape index (κ3) is 3.31. The average Bonchev–Trinajstić information content (AvgIpc) is 3.52. The average molecular weight is 622 g/mol. The molecule has 1 aromatic heterocycles. The van der Waals surface area contributed by atoms with Crippen LogP contribution in [0.25, 0.3) is 0 Å². The number of amides is 4. The van der Waals surface area contributed by atoms with Crippen molar-refractivity contribution in [1.29, 1.82) is 0 Å². The summed E-state index contributed by atoms with van der Waals surface area (Å²) >= 11 is 17.4. The van der Waals surface area contributed by atoms with Gasteiger partial charge in [-0.3, -0.25) is 29.0 Å². The smallest absolute Gasteiger partial charge is 0.254 e. The van der Waals surface area contributed by atoms with Crippen LogP contribution in [0.2, 0.25) is 0 Å². The van der Waals surface area contributed by atoms with Crippen LogP contribution < -0.4 is 0 Å². The fraction of sp³-hybridized carbons (Fsp3) is 0.407. The van der Waals surface area contributed by atoms with E-state index in [-0.39, 0.29) is 54.8 Å². The molecule has 0 bridgehead atoms. The highest BCUT2D eigenvalue weighted by Gasteiger charge is 2.76. The van der Waals surface area contributed by atoms with Crippen molar-refractivity contribution >= 4 is 62.8 Å². The van der Waals surface area contributed by atoms with Gasteiger partial charge in [-0.15, -0.1) is 23.2 Å². The van der Waals surface area contributed by atoms with Crippen molar-refractivity contribution < 1.29 is 28.7 Å². The molecule has 2 aliphatic heterocycles. The molecule has 11 heteroatoms. The number of hydrogen-bond donors (Lipinski definition) is 1. The number of nitrogens with zero attached hydrogens (tertiary/aromatic N) is 2. The second kappa shape index (κ2) is 9.05. The summed E-state index contributed by atoms with van der Waals surface area (Å²) in [7, 11) is 0. The van der Waals surface area contributed by atoms with Crippen LogP contribution in [0.15, 0.2) is 58.5 Å². The molecule has 0 radical (unpaired) electrons. The minimum atomic E-state index is -1.92. The molecule has 2 aromatic rings. The maximum Gasteiger partial charge on any atom is 0.254 e. The Morgan fingerprint density at radius 1 is 0.974 bits per heavy atom. The van der Waals surface area contributed by atoms with Crippen LogP contribution in [0, 0.1) is 17.8 Å². The Morgan fingerprint density at radius 3 is 2.37 bits per heavy atom. The SMILES string of the molecule is O=C1[C@H]2[C@H](CC=C3[C@H]2C[C@@]2(Cl)C(=O)N(CBr)C(=O)[C@@]2(Cl)[C@H]3c2ccc(CO)o2)C(=O)N1Cc1ccccc1. The van der Waals surface area contributed by atoms with E-state index >= 15 is 0 Å². The lowest BCUT2D eigenvalue weighted by Crippen LogP contribution is -2.60. The van der Waals surface area contributed by atoms with Gasteiger partial charge in [0.2, 0.25) is 11.8 Å². The molecular weight excluding hydrogens is 599 g/mol. The Balaban J connectivity index is 1.46. The Bertz CT molecular complexity index is 1390. The summed E-state index contributed by atoms with van der Waals surface area (Å²) in [6, 6.07) is 12.4. The van der Waals surface area contributed by atoms with E-state index in [1.807, 2.05) is 36.4 Å². The maximum absolute atomic E-state index is 13.8. The number of likely N-dealkylation sites (tertiary alicyclic amines) is 2. The van der Waals surface area contributed by atoms with E-state index in [4.69, 9.17) is 27.6 Å². The number of fused-ring (bicyclic) bond motifs is 4. The van der Waals surface area contributed by atoms with Gasteiger partial charge in [-0.25, -0.2) is 0 Å². The molecule has 1 aromatic carbocycles. The van der Waals surface area contributed by atoms with Gasteiger partial charge in [-0.1, -0.05) is 57.9 Å². The number of benzene rings is 1. The van der Waals surface area contributed by atoms with Crippen molar-refractivity contribution in [3.8, 4) is 0 Å². The summed E-state index contributed by atoms with van der Waals surface area (Å²) < 4.78 is 5.86. The van der Waals surface area contributed by atoms with E-state index in [0.29, 0.717) is 5.57 Å². The Labute approximate surface area is 236 Å². The first-order valence-electron chi connectivity index (χ1n) is 12.3. The zero-order valence-electron chi connectivity index (χ0n) is 20.0. The summed E-state index contributed by atoms with van der Waals surface area (Å²) in [4.78, 5) is 52.9. The number of allylic oxidation sites excluding steroid dienone is 2. The molecule has 0 spiro atoms. The highest BCUT2D eigenvalue weighted by Crippen LogP contribution is 2.65. The van der Waals surface area contributed by atoms with E-state index in [2.05, 4.69) is 15.9 Å². The second-order valence-corrected chi connectivity index (χ2v) is 11.9. The maximum atomic E-state index is 13.8. The molecule has 1 saturated carbocycles. The number of carbonyl (C=O) groups is 4. The second-order valence-electron chi connectivity index (χ2n) is 10.2. The van der Waals surface area contributed by atoms with E-state index in [0.717, 1.165) is 10.5 Å². The van der Waals surface area contributed by atoms with E-state index < -0.39 is 45.2 Å². The fourth-order valence-electron chi connectivity index (χ4n) is 6.69. The normalized spacial score (nSPS) is 34.4. The van der Waals surface area contributed by atoms with Crippen molar-refractivity contribution in [1.82, 2.24) is 9.80 Å². The molecule has 8 nitrogen and oxygen atoms in total. The van der Waals surface area contributed by atoms with Crippen LogP contribution in [-0.4, -0.2) is 53.7 Å². The van der Waals surface area contributed by atoms with Crippen LogP contribution in [0.3, 0.4) is 0 Å². The van der Waals surface area contributed by atoms with Gasteiger partial charge in [0.1, 0.15) is 18.1 Å². The third-order valence-corrected chi connectivity index (χ3v) is 10.3. The van der Waals surface area contributed by atoms with E-state index in [9.17, 15) is 24.3 Å². The Morgan fingerprint density at radius 2 is 1.71 bits per heavy atom. The minimum Gasteiger partial charge on any atom is -0.463 e. The fourth-order valence-corrected chi connectivity index (χ4v) is 8.09. The minimum absolute atomic E-state index is 0.0820. The lowest BCUT2D eigenvalue weighted by molar-refractivity contribution is -0.141. The standard InChI is InChI=1S/C27H23BrCl2N2O6/c28-13-32-24(36)26(29)10-18-16(21(27(26,30)25(32)37)19-9-6-15(12-33)38-19)7-8-17-20(18)23(35)31(22(17)34)11-14-4-2-1-3-5-14/h1-7,9,17-18,20-21,33H,8,10-13H2/t17-,18+,20-,21+,26+,27-/m0/s1. The van der Waals surface area contributed by atoms with Crippen LogP contribution in [0.1, 0.15) is 35.8 Å². The zero-order chi connectivity index (χ0) is 27.0. The van der Waals surface area contributed by atoms with Crippen molar-refractivity contribution in [3.05, 3.63) is 71.2 Å². The van der Waals surface area contributed by atoms with Gasteiger partial charge in [0.25, 0.3) is 11.8 Å². The lowest BCUT2D eigenvalue weighted by Gasteiger charge is -2.49. The highest BCUT2D eigenvalue weighted by atomic mass is 79.9. The molecule has 2 aliphatic carbocycles. The Kier molecular flexibility index (Phi) is 6.14. The molecule has 6 atom stereocenters. The van der Waals surface area contributed by atoms with Crippen molar-refractivity contribution in [2.75, 3.05) is 5.45 Å². The topological polar surface area (TPSA) is 108 Å². The van der Waals surface area contributed by atoms with Crippen LogP contribution >= 0.6 is 39.1 Å². The molecule has 4 aliphatic rings. The molecule has 38 heavy (non-hydrogen) atoms. The van der Waals surface area contributed by atoms with E-state index in [1.165, 1.54) is 4.90 Å². The largest absolute Gasteiger partial charge is 0.463 e. The number of rotatable bonds is 5. The van der Waals surface area contributed by atoms with Crippen LogP contribution in [-0.2, 0) is 32.3 Å². The monoisotopic (exact) mass is 620 g/mol. The first-order chi connectivity index (χ1) is 18.2. The summed E-state index contributed by atoms with van der Waals surface area (Å²) in [6.07, 6.45) is 2.05. The molecule has 0 unspecified atom stereocenters. The van der Waals surface area contributed by atoms with Gasteiger partial charge >= 0.3 is 0 Å². The number of furan rings is 1. The van der Waals surface area contributed by atoms with Gasteiger partial charge in [0.05, 0.1) is 29.8 Å². The van der Waals surface area contributed by atoms with Crippen molar-refractivity contribution in [3.63, 3.8) is 0 Å². The Hall–Kier alpha value is -2.46. The first kappa shape index (κ1) is 25.8. The number of alkyl halides is 3. The molecule has 1 N–H and O–H groups in total. The van der Waals surface area contributed by atoms with Gasteiger partial charge in [0, 0.05) is 0 Å². The molecule has 4 amide bonds.